The lowest BCUT2D eigenvalue weighted by Gasteiger charge is -2.11. The molecule has 0 radical (unpaired) electrons. The lowest BCUT2D eigenvalue weighted by Crippen LogP contribution is -2.00. The van der Waals surface area contributed by atoms with Crippen LogP contribution in [0.15, 0.2) is 35.7 Å². The van der Waals surface area contributed by atoms with Gasteiger partial charge in [-0.1, -0.05) is 30.1 Å². The van der Waals surface area contributed by atoms with E-state index >= 15 is 0 Å². The van der Waals surface area contributed by atoms with E-state index in [-0.39, 0.29) is 0 Å². The van der Waals surface area contributed by atoms with Crippen molar-refractivity contribution in [2.45, 2.75) is 24.8 Å². The molecule has 2 nitrogen and oxygen atoms in total. The maximum absolute atomic E-state index is 6.40. The van der Waals surface area contributed by atoms with E-state index < -0.39 is 0 Å². The molecule has 0 spiro atoms. The summed E-state index contributed by atoms with van der Waals surface area (Å²) in [6.07, 6.45) is 6.32. The van der Waals surface area contributed by atoms with Gasteiger partial charge in [-0.2, -0.15) is 0 Å². The predicted molar refractivity (Wildman–Crippen MR) is 78.8 cm³/mol. The van der Waals surface area contributed by atoms with Gasteiger partial charge in [-0.15, -0.1) is 11.8 Å². The average Bonchev–Trinajstić information content (AvgIpc) is 2.86. The maximum Gasteiger partial charge on any atom is 0.0946 e. The summed E-state index contributed by atoms with van der Waals surface area (Å²) in [6.45, 7) is 2.94. The normalized spacial score (nSPS) is 10.8. The molecule has 0 N–H and O–H groups in total. The Morgan fingerprint density at radius 1 is 1.33 bits per heavy atom. The zero-order valence-corrected chi connectivity index (χ0v) is 12.4. The van der Waals surface area contributed by atoms with E-state index in [1.807, 2.05) is 22.9 Å². The van der Waals surface area contributed by atoms with Crippen LogP contribution in [0.4, 0.5) is 0 Å². The van der Waals surface area contributed by atoms with Crippen LogP contribution in [-0.4, -0.2) is 15.3 Å². The Labute approximate surface area is 121 Å². The van der Waals surface area contributed by atoms with Crippen LogP contribution in [-0.2, 0) is 13.0 Å². The molecule has 0 bridgehead atoms. The number of thioether (sulfide) groups is 1. The molecule has 18 heavy (non-hydrogen) atoms. The van der Waals surface area contributed by atoms with Gasteiger partial charge in [-0.3, -0.25) is 0 Å². The number of rotatable bonds is 5. The average molecular weight is 301 g/mol. The van der Waals surface area contributed by atoms with Gasteiger partial charge in [-0.05, 0) is 29.9 Å². The van der Waals surface area contributed by atoms with Crippen molar-refractivity contribution in [3.63, 3.8) is 0 Å². The van der Waals surface area contributed by atoms with Crippen LogP contribution in [0.25, 0.3) is 0 Å². The van der Waals surface area contributed by atoms with Crippen LogP contribution >= 0.6 is 35.0 Å². The lowest BCUT2D eigenvalue weighted by molar-refractivity contribution is 0.695. The second-order valence-corrected chi connectivity index (χ2v) is 5.91. The van der Waals surface area contributed by atoms with Gasteiger partial charge in [0.1, 0.15) is 0 Å². The second-order valence-electron chi connectivity index (χ2n) is 3.82. The summed E-state index contributed by atoms with van der Waals surface area (Å²) in [5, 5.41) is 1.52. The number of aromatic nitrogens is 2. The minimum Gasteiger partial charge on any atom is -0.337 e. The smallest absolute Gasteiger partial charge is 0.0946 e. The van der Waals surface area contributed by atoms with E-state index in [1.54, 1.807) is 24.3 Å². The van der Waals surface area contributed by atoms with Gasteiger partial charge in [0.15, 0.2) is 0 Å². The van der Waals surface area contributed by atoms with Crippen LogP contribution in [0.3, 0.4) is 0 Å². The van der Waals surface area contributed by atoms with Crippen LogP contribution in [0.1, 0.15) is 12.5 Å². The summed E-state index contributed by atoms with van der Waals surface area (Å²) in [6, 6.07) is 3.91. The topological polar surface area (TPSA) is 17.8 Å². The largest absolute Gasteiger partial charge is 0.337 e. The summed E-state index contributed by atoms with van der Waals surface area (Å²) >= 11 is 14.4. The van der Waals surface area contributed by atoms with Gasteiger partial charge in [0.25, 0.3) is 0 Å². The molecule has 1 aromatic carbocycles. The highest BCUT2D eigenvalue weighted by Crippen LogP contribution is 2.34. The van der Waals surface area contributed by atoms with Crippen molar-refractivity contribution in [1.82, 2.24) is 9.55 Å². The summed E-state index contributed by atoms with van der Waals surface area (Å²) < 4.78 is 2.02. The van der Waals surface area contributed by atoms with Crippen LogP contribution in [0, 0.1) is 0 Å². The third-order valence-corrected chi connectivity index (χ3v) is 4.47. The fourth-order valence-corrected chi connectivity index (χ4v) is 3.18. The van der Waals surface area contributed by atoms with E-state index in [9.17, 15) is 0 Å². The maximum atomic E-state index is 6.40. The van der Waals surface area contributed by atoms with E-state index in [0.29, 0.717) is 0 Å². The van der Waals surface area contributed by atoms with Crippen molar-refractivity contribution in [1.29, 1.82) is 0 Å². The van der Waals surface area contributed by atoms with E-state index in [2.05, 4.69) is 11.9 Å². The summed E-state index contributed by atoms with van der Waals surface area (Å²) in [7, 11) is 0. The van der Waals surface area contributed by atoms with E-state index in [4.69, 9.17) is 23.2 Å². The lowest BCUT2D eigenvalue weighted by atomic mass is 10.1. The molecule has 0 atom stereocenters. The molecule has 5 heteroatoms. The van der Waals surface area contributed by atoms with Crippen molar-refractivity contribution >= 4 is 35.0 Å². The Hall–Kier alpha value is -0.640. The monoisotopic (exact) mass is 300 g/mol. The molecule has 0 aliphatic heterocycles. The summed E-state index contributed by atoms with van der Waals surface area (Å²) in [5.74, 6) is 1.00. The molecular weight excluding hydrogens is 287 g/mol. The predicted octanol–water partition coefficient (Wildman–Crippen LogP) is 4.54. The number of nitrogens with zero attached hydrogens (tertiary/aromatic N) is 2. The number of benzene rings is 1. The Bertz CT molecular complexity index is 512. The third kappa shape index (κ3) is 3.22. The van der Waals surface area contributed by atoms with Crippen molar-refractivity contribution in [3.8, 4) is 0 Å². The number of hydrogen-bond acceptors (Lipinski definition) is 2. The van der Waals surface area contributed by atoms with Crippen molar-refractivity contribution < 1.29 is 0 Å². The van der Waals surface area contributed by atoms with Gasteiger partial charge in [0.05, 0.1) is 11.3 Å². The fourth-order valence-electron chi connectivity index (χ4n) is 1.73. The minimum absolute atomic E-state index is 0.737. The Morgan fingerprint density at radius 3 is 2.83 bits per heavy atom. The van der Waals surface area contributed by atoms with Crippen LogP contribution in [0.5, 0.6) is 0 Å². The first kappa shape index (κ1) is 13.8. The van der Waals surface area contributed by atoms with Crippen molar-refractivity contribution in [3.05, 3.63) is 46.5 Å². The fraction of sp³-hybridized carbons (Fsp3) is 0.308. The quantitative estimate of drug-likeness (QED) is 0.754. The molecule has 0 aliphatic rings. The molecule has 0 saturated heterocycles. The van der Waals surface area contributed by atoms with E-state index in [0.717, 1.165) is 39.2 Å². The standard InChI is InChI=1S/C13H14Cl2N2S/c1-2-18-12-4-3-11(14)10(13(12)15)5-7-17-8-6-16-9-17/h3-4,6,8-9H,2,5,7H2,1H3. The van der Waals surface area contributed by atoms with Crippen molar-refractivity contribution in [2.75, 3.05) is 5.75 Å². The molecule has 2 aromatic rings. The number of hydrogen-bond donors (Lipinski definition) is 0. The molecule has 0 fully saturated rings. The molecule has 1 aromatic heterocycles. The van der Waals surface area contributed by atoms with Gasteiger partial charge in [0, 0.05) is 28.9 Å². The SMILES string of the molecule is CCSc1ccc(Cl)c(CCn2ccnc2)c1Cl. The van der Waals surface area contributed by atoms with Gasteiger partial charge >= 0.3 is 0 Å². The summed E-state index contributed by atoms with van der Waals surface area (Å²) in [5.41, 5.74) is 1.02. The number of imidazole rings is 1. The Morgan fingerprint density at radius 2 is 2.17 bits per heavy atom. The zero-order chi connectivity index (χ0) is 13.0. The highest BCUT2D eigenvalue weighted by molar-refractivity contribution is 7.99. The first-order chi connectivity index (χ1) is 8.72. The molecule has 2 rings (SSSR count). The number of aryl methyl sites for hydroxylation is 1. The third-order valence-electron chi connectivity index (χ3n) is 2.63. The van der Waals surface area contributed by atoms with Gasteiger partial charge in [-0.25, -0.2) is 4.98 Å². The highest BCUT2D eigenvalue weighted by atomic mass is 35.5. The van der Waals surface area contributed by atoms with E-state index in [1.165, 1.54) is 0 Å². The molecule has 0 amide bonds. The zero-order valence-electron chi connectivity index (χ0n) is 10.1. The number of halogens is 2. The second kappa shape index (κ2) is 6.50. The molecule has 0 unspecified atom stereocenters. The Balaban J connectivity index is 2.18. The molecule has 1 heterocycles. The summed E-state index contributed by atoms with van der Waals surface area (Å²) in [4.78, 5) is 5.12. The highest BCUT2D eigenvalue weighted by Gasteiger charge is 2.10. The van der Waals surface area contributed by atoms with Gasteiger partial charge < -0.3 is 4.57 Å². The molecule has 0 saturated carbocycles. The van der Waals surface area contributed by atoms with Crippen molar-refractivity contribution in [2.24, 2.45) is 0 Å². The minimum atomic E-state index is 0.737. The van der Waals surface area contributed by atoms with Crippen LogP contribution < -0.4 is 0 Å². The molecule has 0 aliphatic carbocycles. The Kier molecular flexibility index (Phi) is 4.98. The van der Waals surface area contributed by atoms with Crippen LogP contribution in [0.2, 0.25) is 10.0 Å². The molecule has 96 valence electrons. The first-order valence-electron chi connectivity index (χ1n) is 5.77. The first-order valence-corrected chi connectivity index (χ1v) is 7.52. The molecular formula is C13H14Cl2N2S. The van der Waals surface area contributed by atoms with Gasteiger partial charge in [0.2, 0.25) is 0 Å².